The van der Waals surface area contributed by atoms with Gasteiger partial charge in [0.15, 0.2) is 9.84 Å². The van der Waals surface area contributed by atoms with Crippen LogP contribution >= 0.6 is 0 Å². The minimum atomic E-state index is -2.92. The standard InChI is InChI=1S/C17H22N4O2S/c1-12-5-4-6-14(9-12)20-16-10-17(19-13(2)18-16)21(3)15-7-8-24(22,23)11-15/h4-6,9-10,15H,7-8,11H2,1-3H3,(H,18,19,20). The van der Waals surface area contributed by atoms with Gasteiger partial charge in [0, 0.05) is 24.8 Å². The third-order valence-electron chi connectivity index (χ3n) is 4.23. The van der Waals surface area contributed by atoms with E-state index in [1.165, 1.54) is 5.56 Å². The fraction of sp³-hybridized carbons (Fsp3) is 0.412. The first-order valence-corrected chi connectivity index (χ1v) is 9.77. The minimum Gasteiger partial charge on any atom is -0.355 e. The van der Waals surface area contributed by atoms with E-state index < -0.39 is 9.84 Å². The Morgan fingerprint density at radius 2 is 2.00 bits per heavy atom. The summed E-state index contributed by atoms with van der Waals surface area (Å²) in [5.74, 6) is 2.53. The number of sulfone groups is 1. The number of hydrogen-bond acceptors (Lipinski definition) is 6. The molecular formula is C17H22N4O2S. The summed E-state index contributed by atoms with van der Waals surface area (Å²) in [6, 6.07) is 9.89. The zero-order valence-electron chi connectivity index (χ0n) is 14.2. The summed E-state index contributed by atoms with van der Waals surface area (Å²) >= 11 is 0. The van der Waals surface area contributed by atoms with Gasteiger partial charge in [-0.05, 0) is 38.0 Å². The van der Waals surface area contributed by atoms with Crippen LogP contribution in [0.4, 0.5) is 17.3 Å². The molecule has 0 radical (unpaired) electrons. The first-order valence-electron chi connectivity index (χ1n) is 7.95. The minimum absolute atomic E-state index is 0.0314. The lowest BCUT2D eigenvalue weighted by Crippen LogP contribution is -2.33. The molecule has 0 bridgehead atoms. The smallest absolute Gasteiger partial charge is 0.152 e. The van der Waals surface area contributed by atoms with Gasteiger partial charge in [-0.25, -0.2) is 18.4 Å². The number of aromatic nitrogens is 2. The average Bonchev–Trinajstić information content (AvgIpc) is 2.86. The predicted molar refractivity (Wildman–Crippen MR) is 96.7 cm³/mol. The third-order valence-corrected chi connectivity index (χ3v) is 5.98. The van der Waals surface area contributed by atoms with E-state index in [0.717, 1.165) is 11.5 Å². The van der Waals surface area contributed by atoms with Crippen molar-refractivity contribution in [3.63, 3.8) is 0 Å². The SMILES string of the molecule is Cc1cccc(Nc2cc(N(C)C3CCS(=O)(=O)C3)nc(C)n2)c1. The molecule has 24 heavy (non-hydrogen) atoms. The summed E-state index contributed by atoms with van der Waals surface area (Å²) in [6.45, 7) is 3.88. The maximum Gasteiger partial charge on any atom is 0.152 e. The van der Waals surface area contributed by atoms with Crippen molar-refractivity contribution < 1.29 is 8.42 Å². The molecule has 1 aromatic carbocycles. The molecular weight excluding hydrogens is 324 g/mol. The second-order valence-corrected chi connectivity index (χ2v) is 8.55. The van der Waals surface area contributed by atoms with E-state index in [2.05, 4.69) is 15.3 Å². The van der Waals surface area contributed by atoms with Crippen LogP contribution in [0.5, 0.6) is 0 Å². The van der Waals surface area contributed by atoms with Gasteiger partial charge in [-0.3, -0.25) is 0 Å². The normalized spacial score (nSPS) is 19.2. The summed E-state index contributed by atoms with van der Waals surface area (Å²) in [6.07, 6.45) is 0.641. The first kappa shape index (κ1) is 16.7. The van der Waals surface area contributed by atoms with Gasteiger partial charge in [-0.15, -0.1) is 0 Å². The zero-order valence-corrected chi connectivity index (χ0v) is 15.0. The Labute approximate surface area is 142 Å². The summed E-state index contributed by atoms with van der Waals surface area (Å²) in [4.78, 5) is 10.8. The van der Waals surface area contributed by atoms with Gasteiger partial charge < -0.3 is 10.2 Å². The number of aryl methyl sites for hydroxylation is 2. The number of hydrogen-bond donors (Lipinski definition) is 1. The largest absolute Gasteiger partial charge is 0.355 e. The van der Waals surface area contributed by atoms with Crippen LogP contribution in [0.25, 0.3) is 0 Å². The topological polar surface area (TPSA) is 75.2 Å². The van der Waals surface area contributed by atoms with Crippen molar-refractivity contribution in [1.82, 2.24) is 9.97 Å². The number of nitrogens with zero attached hydrogens (tertiary/aromatic N) is 3. The molecule has 1 fully saturated rings. The number of nitrogens with one attached hydrogen (secondary N) is 1. The van der Waals surface area contributed by atoms with E-state index in [4.69, 9.17) is 0 Å². The van der Waals surface area contributed by atoms with Gasteiger partial charge in [0.1, 0.15) is 17.5 Å². The molecule has 1 aliphatic heterocycles. The maximum atomic E-state index is 11.7. The highest BCUT2D eigenvalue weighted by molar-refractivity contribution is 7.91. The van der Waals surface area contributed by atoms with Crippen molar-refractivity contribution in [1.29, 1.82) is 0 Å². The van der Waals surface area contributed by atoms with Crippen molar-refractivity contribution in [2.45, 2.75) is 26.3 Å². The quantitative estimate of drug-likeness (QED) is 0.916. The summed E-state index contributed by atoms with van der Waals surface area (Å²) in [7, 11) is -1.03. The van der Waals surface area contributed by atoms with Gasteiger partial charge in [0.2, 0.25) is 0 Å². The lowest BCUT2D eigenvalue weighted by molar-refractivity contribution is 0.600. The van der Waals surface area contributed by atoms with Crippen LogP contribution in [0.15, 0.2) is 30.3 Å². The fourth-order valence-electron chi connectivity index (χ4n) is 2.94. The zero-order chi connectivity index (χ0) is 17.3. The van der Waals surface area contributed by atoms with Gasteiger partial charge in [-0.2, -0.15) is 0 Å². The molecule has 1 aromatic heterocycles. The van der Waals surface area contributed by atoms with Crippen molar-refractivity contribution >= 4 is 27.2 Å². The van der Waals surface area contributed by atoms with Crippen molar-refractivity contribution in [2.75, 3.05) is 28.8 Å². The number of anilines is 3. The molecule has 0 spiro atoms. The number of rotatable bonds is 4. The van der Waals surface area contributed by atoms with Crippen LogP contribution in [-0.4, -0.2) is 43.0 Å². The Bertz CT molecular complexity index is 851. The average molecular weight is 346 g/mol. The van der Waals surface area contributed by atoms with E-state index in [1.807, 2.05) is 56.1 Å². The van der Waals surface area contributed by atoms with Crippen LogP contribution in [-0.2, 0) is 9.84 Å². The predicted octanol–water partition coefficient (Wildman–Crippen LogP) is 2.46. The first-order chi connectivity index (χ1) is 11.3. The highest BCUT2D eigenvalue weighted by Crippen LogP contribution is 2.24. The third kappa shape index (κ3) is 3.84. The van der Waals surface area contributed by atoms with E-state index >= 15 is 0 Å². The lowest BCUT2D eigenvalue weighted by atomic mass is 10.2. The highest BCUT2D eigenvalue weighted by atomic mass is 32.2. The van der Waals surface area contributed by atoms with E-state index in [1.54, 1.807) is 0 Å². The molecule has 1 aliphatic rings. The van der Waals surface area contributed by atoms with E-state index in [9.17, 15) is 8.42 Å². The van der Waals surface area contributed by atoms with E-state index in [-0.39, 0.29) is 17.5 Å². The molecule has 7 heteroatoms. The molecule has 0 saturated carbocycles. The molecule has 1 atom stereocenters. The highest BCUT2D eigenvalue weighted by Gasteiger charge is 2.31. The molecule has 2 heterocycles. The lowest BCUT2D eigenvalue weighted by Gasteiger charge is -2.25. The van der Waals surface area contributed by atoms with Crippen LogP contribution in [0.2, 0.25) is 0 Å². The Kier molecular flexibility index (Phi) is 4.45. The molecule has 6 nitrogen and oxygen atoms in total. The molecule has 0 amide bonds. The van der Waals surface area contributed by atoms with Crippen molar-refractivity contribution in [3.8, 4) is 0 Å². The van der Waals surface area contributed by atoms with Crippen LogP contribution in [0.3, 0.4) is 0 Å². The van der Waals surface area contributed by atoms with E-state index in [0.29, 0.717) is 18.1 Å². The Balaban J connectivity index is 1.83. The molecule has 3 rings (SSSR count). The fourth-order valence-corrected chi connectivity index (χ4v) is 4.71. The second-order valence-electron chi connectivity index (χ2n) is 6.32. The summed E-state index contributed by atoms with van der Waals surface area (Å²) < 4.78 is 23.4. The molecule has 1 unspecified atom stereocenters. The second kappa shape index (κ2) is 6.39. The summed E-state index contributed by atoms with van der Waals surface area (Å²) in [5.41, 5.74) is 2.13. The summed E-state index contributed by atoms with van der Waals surface area (Å²) in [5, 5.41) is 3.29. The Hall–Kier alpha value is -2.15. The van der Waals surface area contributed by atoms with Crippen molar-refractivity contribution in [3.05, 3.63) is 41.7 Å². The molecule has 1 saturated heterocycles. The molecule has 2 aromatic rings. The molecule has 128 valence electrons. The van der Waals surface area contributed by atoms with Gasteiger partial charge in [-0.1, -0.05) is 12.1 Å². The van der Waals surface area contributed by atoms with Crippen LogP contribution in [0, 0.1) is 13.8 Å². The van der Waals surface area contributed by atoms with Gasteiger partial charge in [0.05, 0.1) is 11.5 Å². The Morgan fingerprint density at radius 1 is 1.21 bits per heavy atom. The van der Waals surface area contributed by atoms with Crippen LogP contribution in [0.1, 0.15) is 17.8 Å². The van der Waals surface area contributed by atoms with Crippen molar-refractivity contribution in [2.24, 2.45) is 0 Å². The molecule has 1 N–H and O–H groups in total. The monoisotopic (exact) mass is 346 g/mol. The number of benzene rings is 1. The van der Waals surface area contributed by atoms with Crippen LogP contribution < -0.4 is 10.2 Å². The van der Waals surface area contributed by atoms with Gasteiger partial charge >= 0.3 is 0 Å². The maximum absolute atomic E-state index is 11.7. The van der Waals surface area contributed by atoms with Gasteiger partial charge in [0.25, 0.3) is 0 Å². The molecule has 0 aliphatic carbocycles. The Morgan fingerprint density at radius 3 is 2.67 bits per heavy atom.